The van der Waals surface area contributed by atoms with Crippen LogP contribution in [0.1, 0.15) is 17.4 Å². The molecule has 0 fully saturated rings. The molecule has 2 rings (SSSR count). The van der Waals surface area contributed by atoms with Gasteiger partial charge in [0.15, 0.2) is 5.58 Å². The van der Waals surface area contributed by atoms with Crippen LogP contribution in [0.2, 0.25) is 0 Å². The Bertz CT molecular complexity index is 531. The first-order chi connectivity index (χ1) is 8.77. The summed E-state index contributed by atoms with van der Waals surface area (Å²) in [5.41, 5.74) is 1.85. The first-order valence-corrected chi connectivity index (χ1v) is 6.19. The van der Waals surface area contributed by atoms with Crippen molar-refractivity contribution >= 4 is 28.7 Å². The molecule has 98 valence electrons. The number of nitrogens with zero attached hydrogens (tertiary/aromatic N) is 1. The average molecular weight is 272 g/mol. The number of carbonyl (C=O) groups is 1. The number of hydrogen-bond acceptors (Lipinski definition) is 4. The molecule has 18 heavy (non-hydrogen) atoms. The lowest BCUT2D eigenvalue weighted by molar-refractivity contribution is 0.0479. The van der Waals surface area contributed by atoms with Gasteiger partial charge in [-0.15, -0.1) is 11.6 Å². The minimum Gasteiger partial charge on any atom is -0.463 e. The number of hydrogen-bond donors (Lipinski definition) is 0. The number of furan rings is 1. The molecule has 6 heteroatoms. The van der Waals surface area contributed by atoms with Crippen molar-refractivity contribution in [1.29, 1.82) is 0 Å². The third-order valence-electron chi connectivity index (χ3n) is 2.45. The quantitative estimate of drug-likeness (QED) is 0.460. The van der Waals surface area contributed by atoms with E-state index in [1.807, 2.05) is 0 Å². The second kappa shape index (κ2) is 5.93. The van der Waals surface area contributed by atoms with Gasteiger partial charge >= 0.3 is 5.97 Å². The van der Waals surface area contributed by atoms with E-state index in [0.29, 0.717) is 30.4 Å². The SMILES string of the molecule is CCOC(=O)c1cc2occc2n1COCCCl. The highest BCUT2D eigenvalue weighted by atomic mass is 35.5. The molecule has 0 aliphatic carbocycles. The highest BCUT2D eigenvalue weighted by Gasteiger charge is 2.18. The summed E-state index contributed by atoms with van der Waals surface area (Å²) >= 11 is 5.55. The normalized spacial score (nSPS) is 11.0. The van der Waals surface area contributed by atoms with Crippen LogP contribution in [0.5, 0.6) is 0 Å². The smallest absolute Gasteiger partial charge is 0.355 e. The van der Waals surface area contributed by atoms with Gasteiger partial charge in [-0.3, -0.25) is 0 Å². The highest BCUT2D eigenvalue weighted by Crippen LogP contribution is 2.21. The predicted octanol–water partition coefficient (Wildman–Crippen LogP) is 2.62. The molecule has 0 atom stereocenters. The molecule has 0 aliphatic rings. The van der Waals surface area contributed by atoms with Gasteiger partial charge in [0.05, 0.1) is 25.0 Å². The van der Waals surface area contributed by atoms with E-state index in [-0.39, 0.29) is 6.73 Å². The second-order valence-electron chi connectivity index (χ2n) is 3.57. The van der Waals surface area contributed by atoms with Crippen LogP contribution in [0, 0.1) is 0 Å². The van der Waals surface area contributed by atoms with Crippen LogP contribution in [0.15, 0.2) is 22.8 Å². The molecule has 2 heterocycles. The van der Waals surface area contributed by atoms with Gasteiger partial charge in [-0.05, 0) is 6.92 Å². The Balaban J connectivity index is 2.29. The fraction of sp³-hybridized carbons (Fsp3) is 0.417. The maximum atomic E-state index is 11.8. The van der Waals surface area contributed by atoms with E-state index in [9.17, 15) is 4.79 Å². The van der Waals surface area contributed by atoms with E-state index in [4.69, 9.17) is 25.5 Å². The number of carbonyl (C=O) groups excluding carboxylic acids is 1. The van der Waals surface area contributed by atoms with Gasteiger partial charge in [0, 0.05) is 18.0 Å². The zero-order chi connectivity index (χ0) is 13.0. The molecule has 0 aliphatic heterocycles. The maximum Gasteiger partial charge on any atom is 0.355 e. The fourth-order valence-electron chi connectivity index (χ4n) is 1.70. The predicted molar refractivity (Wildman–Crippen MR) is 66.8 cm³/mol. The molecule has 5 nitrogen and oxygen atoms in total. The number of ether oxygens (including phenoxy) is 2. The summed E-state index contributed by atoms with van der Waals surface area (Å²) in [5.74, 6) is 0.0169. The van der Waals surface area contributed by atoms with Gasteiger partial charge in [0.25, 0.3) is 0 Å². The van der Waals surface area contributed by atoms with E-state index >= 15 is 0 Å². The van der Waals surface area contributed by atoms with E-state index < -0.39 is 5.97 Å². The molecule has 0 unspecified atom stereocenters. The molecule has 0 saturated carbocycles. The minimum atomic E-state index is -0.390. The van der Waals surface area contributed by atoms with Crippen LogP contribution in [0.4, 0.5) is 0 Å². The van der Waals surface area contributed by atoms with Crippen molar-refractivity contribution in [1.82, 2.24) is 4.57 Å². The van der Waals surface area contributed by atoms with E-state index in [1.54, 1.807) is 29.9 Å². The number of aromatic nitrogens is 1. The number of fused-ring (bicyclic) bond motifs is 1. The van der Waals surface area contributed by atoms with Crippen molar-refractivity contribution in [2.75, 3.05) is 19.1 Å². The van der Waals surface area contributed by atoms with Crippen molar-refractivity contribution in [3.8, 4) is 0 Å². The van der Waals surface area contributed by atoms with E-state index in [0.717, 1.165) is 5.52 Å². The lowest BCUT2D eigenvalue weighted by Gasteiger charge is -2.09. The molecule has 2 aromatic heterocycles. The Morgan fingerprint density at radius 3 is 3.11 bits per heavy atom. The number of halogens is 1. The zero-order valence-corrected chi connectivity index (χ0v) is 10.8. The molecule has 0 amide bonds. The Morgan fingerprint density at radius 2 is 2.39 bits per heavy atom. The second-order valence-corrected chi connectivity index (χ2v) is 3.95. The Hall–Kier alpha value is -1.46. The van der Waals surface area contributed by atoms with Gasteiger partial charge in [-0.2, -0.15) is 0 Å². The van der Waals surface area contributed by atoms with Crippen molar-refractivity contribution in [3.63, 3.8) is 0 Å². The summed E-state index contributed by atoms with van der Waals surface area (Å²) in [5, 5.41) is 0. The topological polar surface area (TPSA) is 53.6 Å². The number of alkyl halides is 1. The van der Waals surface area contributed by atoms with Crippen LogP contribution in [-0.2, 0) is 16.2 Å². The lowest BCUT2D eigenvalue weighted by Crippen LogP contribution is -2.14. The summed E-state index contributed by atoms with van der Waals surface area (Å²) < 4.78 is 17.3. The molecular formula is C12H14ClNO4. The first kappa shape index (κ1) is 13.0. The first-order valence-electron chi connectivity index (χ1n) is 5.65. The fourth-order valence-corrected chi connectivity index (χ4v) is 1.81. The lowest BCUT2D eigenvalue weighted by atomic mass is 10.4. The third-order valence-corrected chi connectivity index (χ3v) is 2.60. The van der Waals surface area contributed by atoms with E-state index in [2.05, 4.69) is 0 Å². The monoisotopic (exact) mass is 271 g/mol. The summed E-state index contributed by atoms with van der Waals surface area (Å²) in [6.07, 6.45) is 1.57. The zero-order valence-electron chi connectivity index (χ0n) is 10.0. The van der Waals surface area contributed by atoms with Crippen LogP contribution in [-0.4, -0.2) is 29.6 Å². The summed E-state index contributed by atoms with van der Waals surface area (Å²) in [6, 6.07) is 3.43. The van der Waals surface area contributed by atoms with Gasteiger partial charge in [0.2, 0.25) is 0 Å². The largest absolute Gasteiger partial charge is 0.463 e. The van der Waals surface area contributed by atoms with Crippen molar-refractivity contribution in [3.05, 3.63) is 24.1 Å². The third kappa shape index (κ3) is 2.52. The van der Waals surface area contributed by atoms with Gasteiger partial charge in [0.1, 0.15) is 12.4 Å². The highest BCUT2D eigenvalue weighted by molar-refractivity contribution is 6.17. The van der Waals surface area contributed by atoms with Gasteiger partial charge in [-0.25, -0.2) is 4.79 Å². The van der Waals surface area contributed by atoms with Gasteiger partial charge in [-0.1, -0.05) is 0 Å². The minimum absolute atomic E-state index is 0.240. The average Bonchev–Trinajstić information content (AvgIpc) is 2.91. The Morgan fingerprint density at radius 1 is 1.56 bits per heavy atom. The molecule has 2 aromatic rings. The molecule has 0 spiro atoms. The molecular weight excluding hydrogens is 258 g/mol. The summed E-state index contributed by atoms with van der Waals surface area (Å²) in [6.45, 7) is 2.75. The van der Waals surface area contributed by atoms with Crippen molar-refractivity contribution in [2.45, 2.75) is 13.7 Å². The van der Waals surface area contributed by atoms with Crippen LogP contribution in [0.25, 0.3) is 11.1 Å². The molecule has 0 radical (unpaired) electrons. The summed E-state index contributed by atoms with van der Waals surface area (Å²) in [7, 11) is 0. The van der Waals surface area contributed by atoms with Crippen LogP contribution < -0.4 is 0 Å². The van der Waals surface area contributed by atoms with Crippen molar-refractivity contribution < 1.29 is 18.7 Å². The van der Waals surface area contributed by atoms with Gasteiger partial charge < -0.3 is 18.5 Å². The van der Waals surface area contributed by atoms with Crippen LogP contribution in [0.3, 0.4) is 0 Å². The molecule has 0 aromatic carbocycles. The maximum absolute atomic E-state index is 11.8. The van der Waals surface area contributed by atoms with Crippen molar-refractivity contribution in [2.24, 2.45) is 0 Å². The van der Waals surface area contributed by atoms with E-state index in [1.165, 1.54) is 0 Å². The van der Waals surface area contributed by atoms with Crippen LogP contribution >= 0.6 is 11.6 Å². The number of esters is 1. The molecule has 0 N–H and O–H groups in total. The Labute approximate surface area is 109 Å². The molecule has 0 saturated heterocycles. The standard InChI is InChI=1S/C12H14ClNO4/c1-2-17-12(15)10-7-11-9(3-5-18-11)14(10)8-16-6-4-13/h3,5,7H,2,4,6,8H2,1H3. The molecule has 0 bridgehead atoms. The number of rotatable bonds is 6. The summed E-state index contributed by atoms with van der Waals surface area (Å²) in [4.78, 5) is 11.8. The Kier molecular flexibility index (Phi) is 4.28.